The van der Waals surface area contributed by atoms with Gasteiger partial charge in [-0.15, -0.1) is 12.6 Å². The Kier molecular flexibility index (Phi) is 3.91. The lowest BCUT2D eigenvalue weighted by Crippen LogP contribution is -2.48. The second-order valence-electron chi connectivity index (χ2n) is 4.50. The van der Waals surface area contributed by atoms with Crippen LogP contribution in [0.25, 0.3) is 0 Å². The third kappa shape index (κ3) is 2.85. The molecule has 2 rings (SSSR count). The second-order valence-corrected chi connectivity index (χ2v) is 4.98. The van der Waals surface area contributed by atoms with E-state index in [1.54, 1.807) is 24.1 Å². The van der Waals surface area contributed by atoms with Crippen LogP contribution in [0.3, 0.4) is 0 Å². The molecular formula is C13H16N2O2S. The van der Waals surface area contributed by atoms with Crippen molar-refractivity contribution in [2.45, 2.75) is 23.8 Å². The largest absolute Gasteiger partial charge is 0.347 e. The van der Waals surface area contributed by atoms with Gasteiger partial charge in [-0.05, 0) is 18.6 Å². The predicted octanol–water partition coefficient (Wildman–Crippen LogP) is 1.33. The van der Waals surface area contributed by atoms with Crippen molar-refractivity contribution in [1.29, 1.82) is 0 Å². The summed E-state index contributed by atoms with van der Waals surface area (Å²) >= 11 is 4.26. The fourth-order valence-electron chi connectivity index (χ4n) is 2.06. The monoisotopic (exact) mass is 264 g/mol. The maximum atomic E-state index is 12.1. The average molecular weight is 264 g/mol. The smallest absolute Gasteiger partial charge is 0.252 e. The van der Waals surface area contributed by atoms with E-state index in [1.807, 2.05) is 12.1 Å². The van der Waals surface area contributed by atoms with E-state index in [1.165, 1.54) is 0 Å². The molecule has 1 aromatic rings. The van der Waals surface area contributed by atoms with Gasteiger partial charge >= 0.3 is 0 Å². The fourth-order valence-corrected chi connectivity index (χ4v) is 2.32. The van der Waals surface area contributed by atoms with Gasteiger partial charge in [-0.3, -0.25) is 9.59 Å². The zero-order chi connectivity index (χ0) is 13.1. The molecule has 1 heterocycles. The Bertz CT molecular complexity index is 476. The highest BCUT2D eigenvalue weighted by Crippen LogP contribution is 2.15. The van der Waals surface area contributed by atoms with Crippen molar-refractivity contribution in [1.82, 2.24) is 10.2 Å². The summed E-state index contributed by atoms with van der Waals surface area (Å²) in [7, 11) is 1.76. The van der Waals surface area contributed by atoms with Gasteiger partial charge in [0.2, 0.25) is 5.91 Å². The summed E-state index contributed by atoms with van der Waals surface area (Å²) in [6.07, 6.45) is 1.19. The summed E-state index contributed by atoms with van der Waals surface area (Å²) in [5.74, 6) is 0.00319. The zero-order valence-corrected chi connectivity index (χ0v) is 11.1. The van der Waals surface area contributed by atoms with Crippen molar-refractivity contribution < 1.29 is 9.59 Å². The number of nitrogens with zero attached hydrogens (tertiary/aromatic N) is 1. The number of benzene rings is 1. The summed E-state index contributed by atoms with van der Waals surface area (Å²) in [5, 5.41) is 2.95. The number of piperidine rings is 1. The van der Waals surface area contributed by atoms with E-state index in [9.17, 15) is 9.59 Å². The van der Waals surface area contributed by atoms with Gasteiger partial charge in [0.25, 0.3) is 5.91 Å². The van der Waals surface area contributed by atoms with Crippen molar-refractivity contribution in [2.75, 3.05) is 13.6 Å². The van der Waals surface area contributed by atoms with Crippen LogP contribution >= 0.6 is 12.6 Å². The molecule has 0 saturated carbocycles. The van der Waals surface area contributed by atoms with Crippen molar-refractivity contribution in [3.8, 4) is 0 Å². The first-order valence-electron chi connectivity index (χ1n) is 5.90. The third-order valence-electron chi connectivity index (χ3n) is 3.11. The van der Waals surface area contributed by atoms with Gasteiger partial charge in [-0.2, -0.15) is 0 Å². The highest BCUT2D eigenvalue weighted by Gasteiger charge is 2.24. The molecule has 0 aromatic heterocycles. The molecular weight excluding hydrogens is 248 g/mol. The molecule has 5 heteroatoms. The first-order chi connectivity index (χ1) is 8.58. The molecule has 1 fully saturated rings. The molecule has 18 heavy (non-hydrogen) atoms. The van der Waals surface area contributed by atoms with Crippen LogP contribution in [0.2, 0.25) is 0 Å². The molecule has 1 atom stereocenters. The van der Waals surface area contributed by atoms with Crippen LogP contribution in [0, 0.1) is 0 Å². The first kappa shape index (κ1) is 13.0. The number of hydrogen-bond acceptors (Lipinski definition) is 3. The van der Waals surface area contributed by atoms with E-state index in [0.717, 1.165) is 0 Å². The van der Waals surface area contributed by atoms with E-state index in [4.69, 9.17) is 0 Å². The quantitative estimate of drug-likeness (QED) is 0.792. The lowest BCUT2D eigenvalue weighted by molar-refractivity contribution is -0.132. The van der Waals surface area contributed by atoms with Gasteiger partial charge in [0, 0.05) is 31.0 Å². The normalized spacial score (nSPS) is 19.8. The fraction of sp³-hybridized carbons (Fsp3) is 0.385. The number of thiol groups is 1. The first-order valence-corrected chi connectivity index (χ1v) is 6.35. The second kappa shape index (κ2) is 5.44. The van der Waals surface area contributed by atoms with Crippen molar-refractivity contribution in [2.24, 2.45) is 0 Å². The number of carbonyl (C=O) groups excluding carboxylic acids is 2. The Balaban J connectivity index is 2.00. The molecule has 0 radical (unpaired) electrons. The maximum absolute atomic E-state index is 12.1. The van der Waals surface area contributed by atoms with Crippen molar-refractivity contribution >= 4 is 24.4 Å². The summed E-state index contributed by atoms with van der Waals surface area (Å²) < 4.78 is 0. The minimum absolute atomic E-state index is 0.0214. The molecule has 1 saturated heterocycles. The van der Waals surface area contributed by atoms with E-state index in [0.29, 0.717) is 29.8 Å². The molecule has 1 N–H and O–H groups in total. The number of carbonyl (C=O) groups is 2. The van der Waals surface area contributed by atoms with Gasteiger partial charge in [0.1, 0.15) is 0 Å². The number of rotatable bonds is 2. The average Bonchev–Trinajstić information content (AvgIpc) is 2.34. The molecule has 0 aliphatic carbocycles. The summed E-state index contributed by atoms with van der Waals surface area (Å²) in [6.45, 7) is 0.569. The lowest BCUT2D eigenvalue weighted by atomic mass is 10.1. The van der Waals surface area contributed by atoms with E-state index >= 15 is 0 Å². The highest BCUT2D eigenvalue weighted by molar-refractivity contribution is 7.80. The van der Waals surface area contributed by atoms with Crippen LogP contribution in [-0.4, -0.2) is 36.3 Å². The minimum Gasteiger partial charge on any atom is -0.347 e. The molecule has 1 aromatic carbocycles. The molecule has 4 nitrogen and oxygen atoms in total. The SMILES string of the molecule is CN1CC(NC(=O)c2ccccc2S)CCC1=O. The molecule has 0 bridgehead atoms. The summed E-state index contributed by atoms with van der Waals surface area (Å²) in [5.41, 5.74) is 0.570. The highest BCUT2D eigenvalue weighted by atomic mass is 32.1. The minimum atomic E-state index is -0.131. The van der Waals surface area contributed by atoms with Gasteiger partial charge in [0.05, 0.1) is 5.56 Å². The third-order valence-corrected chi connectivity index (χ3v) is 3.50. The zero-order valence-electron chi connectivity index (χ0n) is 10.2. The van der Waals surface area contributed by atoms with Gasteiger partial charge < -0.3 is 10.2 Å². The van der Waals surface area contributed by atoms with Crippen LogP contribution in [0.4, 0.5) is 0 Å². The van der Waals surface area contributed by atoms with Crippen LogP contribution < -0.4 is 5.32 Å². The summed E-state index contributed by atoms with van der Waals surface area (Å²) in [4.78, 5) is 25.7. The van der Waals surface area contributed by atoms with E-state index < -0.39 is 0 Å². The number of hydrogen-bond donors (Lipinski definition) is 2. The molecule has 96 valence electrons. The Morgan fingerprint density at radius 1 is 1.44 bits per heavy atom. The topological polar surface area (TPSA) is 49.4 Å². The molecule has 1 aliphatic rings. The number of likely N-dealkylation sites (tertiary alicyclic amines) is 1. The Morgan fingerprint density at radius 3 is 2.83 bits per heavy atom. The van der Waals surface area contributed by atoms with Gasteiger partial charge in [-0.25, -0.2) is 0 Å². The van der Waals surface area contributed by atoms with Crippen LogP contribution in [0.1, 0.15) is 23.2 Å². The van der Waals surface area contributed by atoms with E-state index in [-0.39, 0.29) is 17.9 Å². The summed E-state index contributed by atoms with van der Waals surface area (Å²) in [6, 6.07) is 7.20. The standard InChI is InChI=1S/C13H16N2O2S/c1-15-8-9(6-7-12(15)16)14-13(17)10-4-2-3-5-11(10)18/h2-5,9,18H,6-8H2,1H3,(H,14,17). The molecule has 1 aliphatic heterocycles. The van der Waals surface area contributed by atoms with Gasteiger partial charge in [0.15, 0.2) is 0 Å². The molecule has 0 spiro atoms. The predicted molar refractivity (Wildman–Crippen MR) is 71.8 cm³/mol. The lowest BCUT2D eigenvalue weighted by Gasteiger charge is -2.30. The van der Waals surface area contributed by atoms with Crippen LogP contribution in [0.15, 0.2) is 29.2 Å². The Morgan fingerprint density at radius 2 is 2.17 bits per heavy atom. The molecule has 2 amide bonds. The number of nitrogens with one attached hydrogen (secondary N) is 1. The van der Waals surface area contributed by atoms with Crippen molar-refractivity contribution in [3.05, 3.63) is 29.8 Å². The maximum Gasteiger partial charge on any atom is 0.252 e. The van der Waals surface area contributed by atoms with Gasteiger partial charge in [-0.1, -0.05) is 12.1 Å². The number of likely N-dealkylation sites (N-methyl/N-ethyl adjacent to an activating group) is 1. The number of amides is 2. The van der Waals surface area contributed by atoms with Crippen LogP contribution in [-0.2, 0) is 4.79 Å². The Labute approximate surface area is 112 Å². The molecule has 1 unspecified atom stereocenters. The van der Waals surface area contributed by atoms with E-state index in [2.05, 4.69) is 17.9 Å². The Hall–Kier alpha value is -1.49. The van der Waals surface area contributed by atoms with Crippen molar-refractivity contribution in [3.63, 3.8) is 0 Å². The van der Waals surface area contributed by atoms with Crippen LogP contribution in [0.5, 0.6) is 0 Å².